The van der Waals surface area contributed by atoms with Gasteiger partial charge in [-0.3, -0.25) is 4.79 Å². The minimum absolute atomic E-state index is 0.399. The van der Waals surface area contributed by atoms with Gasteiger partial charge in [-0.15, -0.1) is 0 Å². The van der Waals surface area contributed by atoms with E-state index in [9.17, 15) is 4.79 Å². The molecule has 0 heterocycles. The molecule has 0 aliphatic heterocycles. The van der Waals surface area contributed by atoms with Crippen LogP contribution in [0.15, 0.2) is 48.5 Å². The van der Waals surface area contributed by atoms with Crippen LogP contribution in [0, 0.1) is 11.3 Å². The molecule has 0 atom stereocenters. The van der Waals surface area contributed by atoms with Crippen molar-refractivity contribution in [2.75, 3.05) is 12.1 Å². The Hall–Kier alpha value is -3.00. The van der Waals surface area contributed by atoms with Gasteiger partial charge in [-0.05, 0) is 17.7 Å². The lowest BCUT2D eigenvalue weighted by molar-refractivity contribution is -0.141. The Balaban J connectivity index is 2.16. The third-order valence-corrected chi connectivity index (χ3v) is 2.94. The second kappa shape index (κ2) is 7.14. The molecule has 5 heteroatoms. The first-order chi connectivity index (χ1) is 10.6. The van der Waals surface area contributed by atoms with E-state index in [1.165, 1.54) is 12.0 Å². The lowest BCUT2D eigenvalue weighted by atomic mass is 10.2. The highest BCUT2D eigenvalue weighted by atomic mass is 16.7. The Morgan fingerprint density at radius 2 is 1.95 bits per heavy atom. The van der Waals surface area contributed by atoms with Crippen molar-refractivity contribution in [1.82, 2.24) is 0 Å². The molecule has 0 radical (unpaired) electrons. The molecule has 0 N–H and O–H groups in total. The molecule has 0 amide bonds. The maximum absolute atomic E-state index is 11.0. The van der Waals surface area contributed by atoms with Crippen molar-refractivity contribution in [3.05, 3.63) is 59.7 Å². The molecule has 2 rings (SSSR count). The molecular weight excluding hydrogens is 280 g/mol. The Labute approximate surface area is 129 Å². The number of rotatable bonds is 5. The van der Waals surface area contributed by atoms with Gasteiger partial charge in [0.25, 0.3) is 0 Å². The van der Waals surface area contributed by atoms with Gasteiger partial charge in [-0.2, -0.15) is 5.26 Å². The third-order valence-electron chi connectivity index (χ3n) is 2.94. The van der Waals surface area contributed by atoms with E-state index in [4.69, 9.17) is 14.8 Å². The maximum Gasteiger partial charge on any atom is 0.329 e. The largest absolute Gasteiger partial charge is 0.489 e. The number of hydrogen-bond acceptors (Lipinski definition) is 5. The van der Waals surface area contributed by atoms with Gasteiger partial charge in [0.1, 0.15) is 18.4 Å². The van der Waals surface area contributed by atoms with Gasteiger partial charge in [0.15, 0.2) is 0 Å². The van der Waals surface area contributed by atoms with Gasteiger partial charge in [0.2, 0.25) is 0 Å². The van der Waals surface area contributed by atoms with Gasteiger partial charge >= 0.3 is 5.97 Å². The van der Waals surface area contributed by atoms with Crippen molar-refractivity contribution in [2.45, 2.75) is 13.5 Å². The van der Waals surface area contributed by atoms with E-state index in [0.29, 0.717) is 23.6 Å². The molecule has 2 aromatic carbocycles. The van der Waals surface area contributed by atoms with Crippen LogP contribution in [0.1, 0.15) is 18.1 Å². The average Bonchev–Trinajstić information content (AvgIpc) is 2.53. The predicted octanol–water partition coefficient (Wildman–Crippen LogP) is 3.05. The number of anilines is 1. The second-order valence-electron chi connectivity index (χ2n) is 4.65. The maximum atomic E-state index is 11.0. The summed E-state index contributed by atoms with van der Waals surface area (Å²) in [6.07, 6.45) is 0. The van der Waals surface area contributed by atoms with E-state index in [1.54, 1.807) is 25.2 Å². The van der Waals surface area contributed by atoms with Crippen LogP contribution in [-0.4, -0.2) is 13.0 Å². The number of hydroxylamine groups is 1. The molecule has 0 saturated heterocycles. The fraction of sp³-hybridized carbons (Fsp3) is 0.176. The number of nitriles is 1. The van der Waals surface area contributed by atoms with Crippen molar-refractivity contribution in [3.8, 4) is 11.8 Å². The Morgan fingerprint density at radius 1 is 1.23 bits per heavy atom. The summed E-state index contributed by atoms with van der Waals surface area (Å²) in [7, 11) is 1.57. The van der Waals surface area contributed by atoms with Crippen molar-refractivity contribution >= 4 is 11.7 Å². The van der Waals surface area contributed by atoms with Crippen molar-refractivity contribution in [2.24, 2.45) is 0 Å². The summed E-state index contributed by atoms with van der Waals surface area (Å²) in [5.74, 6) is 0.138. The summed E-state index contributed by atoms with van der Waals surface area (Å²) in [6, 6.07) is 16.8. The molecule has 0 bridgehead atoms. The number of benzene rings is 2. The summed E-state index contributed by atoms with van der Waals surface area (Å²) in [6.45, 7) is 1.72. The Kier molecular flexibility index (Phi) is 4.99. The molecule has 0 aliphatic carbocycles. The molecule has 0 aromatic heterocycles. The number of hydrogen-bond donors (Lipinski definition) is 0. The van der Waals surface area contributed by atoms with Crippen LogP contribution >= 0.6 is 0 Å². The van der Waals surface area contributed by atoms with Crippen molar-refractivity contribution in [1.29, 1.82) is 5.26 Å². The summed E-state index contributed by atoms with van der Waals surface area (Å²) in [4.78, 5) is 16.0. The molecular formula is C17H16N2O3. The van der Waals surface area contributed by atoms with Gasteiger partial charge < -0.3 is 9.57 Å². The van der Waals surface area contributed by atoms with Crippen LogP contribution in [0.5, 0.6) is 5.75 Å². The third kappa shape index (κ3) is 4.00. The SMILES string of the molecule is CC(=O)ON(C)c1cc(OCc2ccccc2)ccc1C#N. The first kappa shape index (κ1) is 15.4. The lowest BCUT2D eigenvalue weighted by Crippen LogP contribution is -2.21. The first-order valence-electron chi connectivity index (χ1n) is 6.73. The Morgan fingerprint density at radius 3 is 2.59 bits per heavy atom. The quantitative estimate of drug-likeness (QED) is 0.793. The predicted molar refractivity (Wildman–Crippen MR) is 82.1 cm³/mol. The molecule has 5 nitrogen and oxygen atoms in total. The molecule has 0 aliphatic rings. The van der Waals surface area contributed by atoms with Gasteiger partial charge in [0.05, 0.1) is 11.3 Å². The molecule has 0 fully saturated rings. The van der Waals surface area contributed by atoms with E-state index >= 15 is 0 Å². The van der Waals surface area contributed by atoms with Crippen molar-refractivity contribution in [3.63, 3.8) is 0 Å². The zero-order valence-corrected chi connectivity index (χ0v) is 12.4. The molecule has 2 aromatic rings. The minimum Gasteiger partial charge on any atom is -0.489 e. The smallest absolute Gasteiger partial charge is 0.329 e. The summed E-state index contributed by atoms with van der Waals surface area (Å²) in [5.41, 5.74) is 1.92. The molecule has 0 unspecified atom stereocenters. The number of carbonyl (C=O) groups is 1. The second-order valence-corrected chi connectivity index (χ2v) is 4.65. The van der Waals surface area contributed by atoms with Gasteiger partial charge in [-0.25, -0.2) is 5.06 Å². The highest BCUT2D eigenvalue weighted by Crippen LogP contribution is 2.26. The monoisotopic (exact) mass is 296 g/mol. The molecule has 112 valence electrons. The molecule has 22 heavy (non-hydrogen) atoms. The minimum atomic E-state index is -0.456. The van der Waals surface area contributed by atoms with Crippen LogP contribution in [0.2, 0.25) is 0 Å². The standard InChI is InChI=1S/C17H16N2O3/c1-13(20)22-19(2)17-10-16(9-8-15(17)11-18)21-12-14-6-4-3-5-7-14/h3-10H,12H2,1-2H3. The van der Waals surface area contributed by atoms with E-state index in [-0.39, 0.29) is 0 Å². The Bertz CT molecular complexity index is 693. The normalized spacial score (nSPS) is 9.68. The number of ether oxygens (including phenoxy) is 1. The number of nitrogens with zero attached hydrogens (tertiary/aromatic N) is 2. The average molecular weight is 296 g/mol. The zero-order valence-electron chi connectivity index (χ0n) is 12.4. The van der Waals surface area contributed by atoms with Crippen LogP contribution in [0.3, 0.4) is 0 Å². The topological polar surface area (TPSA) is 62.6 Å². The van der Waals surface area contributed by atoms with Crippen LogP contribution < -0.4 is 9.80 Å². The summed E-state index contributed by atoms with van der Waals surface area (Å²) >= 11 is 0. The van der Waals surface area contributed by atoms with Gasteiger partial charge in [-0.1, -0.05) is 30.3 Å². The zero-order chi connectivity index (χ0) is 15.9. The summed E-state index contributed by atoms with van der Waals surface area (Å²) in [5, 5.41) is 10.4. The van der Waals surface area contributed by atoms with E-state index in [1.807, 2.05) is 30.3 Å². The molecule has 0 spiro atoms. The highest BCUT2D eigenvalue weighted by Gasteiger charge is 2.12. The van der Waals surface area contributed by atoms with Crippen LogP contribution in [0.25, 0.3) is 0 Å². The van der Waals surface area contributed by atoms with E-state index < -0.39 is 5.97 Å². The van der Waals surface area contributed by atoms with Crippen LogP contribution in [0.4, 0.5) is 5.69 Å². The van der Waals surface area contributed by atoms with Crippen LogP contribution in [-0.2, 0) is 16.2 Å². The van der Waals surface area contributed by atoms with Crippen molar-refractivity contribution < 1.29 is 14.4 Å². The first-order valence-corrected chi connectivity index (χ1v) is 6.73. The fourth-order valence-corrected chi connectivity index (χ4v) is 1.94. The summed E-state index contributed by atoms with van der Waals surface area (Å²) < 4.78 is 5.71. The molecule has 0 saturated carbocycles. The van der Waals surface area contributed by atoms with E-state index in [2.05, 4.69) is 6.07 Å². The van der Waals surface area contributed by atoms with Gasteiger partial charge in [0, 0.05) is 20.0 Å². The number of carbonyl (C=O) groups excluding carboxylic acids is 1. The lowest BCUT2D eigenvalue weighted by Gasteiger charge is -2.19. The van der Waals surface area contributed by atoms with E-state index in [0.717, 1.165) is 5.56 Å². The fourth-order valence-electron chi connectivity index (χ4n) is 1.94. The highest BCUT2D eigenvalue weighted by molar-refractivity contribution is 5.69.